The van der Waals surface area contributed by atoms with Gasteiger partial charge in [-0.2, -0.15) is 0 Å². The van der Waals surface area contributed by atoms with Crippen molar-refractivity contribution < 1.29 is 14.3 Å². The van der Waals surface area contributed by atoms with E-state index in [9.17, 15) is 9.59 Å². The Bertz CT molecular complexity index is 411. The summed E-state index contributed by atoms with van der Waals surface area (Å²) in [4.78, 5) is 24.7. The number of carbonyl (C=O) groups is 2. The third-order valence-electron chi connectivity index (χ3n) is 2.94. The molecule has 0 unspecified atom stereocenters. The molecule has 1 aliphatic heterocycles. The summed E-state index contributed by atoms with van der Waals surface area (Å²) in [6.07, 6.45) is 17.5. The van der Waals surface area contributed by atoms with Gasteiger partial charge in [0.15, 0.2) is 0 Å². The van der Waals surface area contributed by atoms with E-state index < -0.39 is 0 Å². The van der Waals surface area contributed by atoms with Crippen LogP contribution in [0.1, 0.15) is 12.8 Å². The molecule has 1 fully saturated rings. The SMILES string of the molecule is C#C.C#C.C=C.C=C1CCN(CC(=O)NCCCNCCOC)C1=O. The Morgan fingerprint density at radius 2 is 1.80 bits per heavy atom. The van der Waals surface area contributed by atoms with Crippen molar-refractivity contribution in [3.8, 4) is 25.7 Å². The first-order chi connectivity index (χ1) is 12.1. The maximum atomic E-state index is 11.6. The zero-order valence-corrected chi connectivity index (χ0v) is 15.3. The Balaban J connectivity index is -0.000000725. The molecule has 140 valence electrons. The summed E-state index contributed by atoms with van der Waals surface area (Å²) in [6, 6.07) is 0. The van der Waals surface area contributed by atoms with Crippen LogP contribution in [0.2, 0.25) is 0 Å². The van der Waals surface area contributed by atoms with Gasteiger partial charge in [0.1, 0.15) is 0 Å². The zero-order chi connectivity index (χ0) is 20.1. The lowest BCUT2D eigenvalue weighted by molar-refractivity contribution is -0.131. The van der Waals surface area contributed by atoms with E-state index in [2.05, 4.69) is 56.1 Å². The molecular formula is C19H31N3O3. The van der Waals surface area contributed by atoms with Crippen LogP contribution in [0.15, 0.2) is 25.3 Å². The Labute approximate surface area is 152 Å². The van der Waals surface area contributed by atoms with Crippen molar-refractivity contribution >= 4 is 11.8 Å². The van der Waals surface area contributed by atoms with Gasteiger partial charge in [0.25, 0.3) is 0 Å². The smallest absolute Gasteiger partial charge is 0.249 e. The van der Waals surface area contributed by atoms with Crippen molar-refractivity contribution in [1.82, 2.24) is 15.5 Å². The Kier molecular flexibility index (Phi) is 23.4. The van der Waals surface area contributed by atoms with E-state index in [0.717, 1.165) is 19.5 Å². The van der Waals surface area contributed by atoms with Gasteiger partial charge in [0.2, 0.25) is 11.8 Å². The Morgan fingerprint density at radius 3 is 2.28 bits per heavy atom. The average molecular weight is 349 g/mol. The van der Waals surface area contributed by atoms with Crippen molar-refractivity contribution in [3.05, 3.63) is 25.3 Å². The minimum Gasteiger partial charge on any atom is -0.383 e. The summed E-state index contributed by atoms with van der Waals surface area (Å²) in [5.41, 5.74) is 0.593. The van der Waals surface area contributed by atoms with Crippen LogP contribution in [0, 0.1) is 25.7 Å². The van der Waals surface area contributed by atoms with Gasteiger partial charge in [0, 0.05) is 32.3 Å². The molecular weight excluding hydrogens is 318 g/mol. The number of hydrogen-bond donors (Lipinski definition) is 2. The average Bonchev–Trinajstić information content (AvgIpc) is 2.98. The van der Waals surface area contributed by atoms with Gasteiger partial charge in [-0.1, -0.05) is 6.58 Å². The van der Waals surface area contributed by atoms with Crippen molar-refractivity contribution in [3.63, 3.8) is 0 Å². The van der Waals surface area contributed by atoms with Crippen LogP contribution < -0.4 is 10.6 Å². The van der Waals surface area contributed by atoms with Crippen LogP contribution in [0.4, 0.5) is 0 Å². The number of nitrogens with one attached hydrogen (secondary N) is 2. The molecule has 0 aromatic carbocycles. The van der Waals surface area contributed by atoms with Gasteiger partial charge in [-0.3, -0.25) is 9.59 Å². The number of amides is 2. The molecule has 1 saturated heterocycles. The second-order valence-corrected chi connectivity index (χ2v) is 4.53. The summed E-state index contributed by atoms with van der Waals surface area (Å²) in [5.74, 6) is -0.212. The molecule has 0 saturated carbocycles. The topological polar surface area (TPSA) is 70.7 Å². The molecule has 0 aromatic rings. The van der Waals surface area contributed by atoms with Gasteiger partial charge < -0.3 is 20.3 Å². The largest absolute Gasteiger partial charge is 0.383 e. The predicted octanol–water partition coefficient (Wildman–Crippen LogP) is 0.818. The van der Waals surface area contributed by atoms with Gasteiger partial charge in [-0.25, -0.2) is 0 Å². The number of ether oxygens (including phenoxy) is 1. The van der Waals surface area contributed by atoms with Gasteiger partial charge in [-0.15, -0.1) is 38.9 Å². The number of likely N-dealkylation sites (tertiary alicyclic amines) is 1. The molecule has 1 aliphatic rings. The third-order valence-corrected chi connectivity index (χ3v) is 2.94. The fourth-order valence-electron chi connectivity index (χ4n) is 1.82. The predicted molar refractivity (Wildman–Crippen MR) is 104 cm³/mol. The highest BCUT2D eigenvalue weighted by Gasteiger charge is 2.25. The Hall–Kier alpha value is -2.54. The van der Waals surface area contributed by atoms with Crippen LogP contribution in [-0.4, -0.2) is 63.2 Å². The molecule has 25 heavy (non-hydrogen) atoms. The fourth-order valence-corrected chi connectivity index (χ4v) is 1.82. The van der Waals surface area contributed by atoms with Crippen LogP contribution in [0.5, 0.6) is 0 Å². The van der Waals surface area contributed by atoms with Crippen LogP contribution in [0.3, 0.4) is 0 Å². The summed E-state index contributed by atoms with van der Waals surface area (Å²) in [6.45, 7) is 13.3. The minimum absolute atomic E-state index is 0.101. The molecule has 1 heterocycles. The molecule has 6 heteroatoms. The van der Waals surface area contributed by atoms with E-state index in [1.807, 2.05) is 0 Å². The molecule has 0 aromatic heterocycles. The lowest BCUT2D eigenvalue weighted by atomic mass is 10.3. The second kappa shape index (κ2) is 21.5. The molecule has 2 amide bonds. The first-order valence-corrected chi connectivity index (χ1v) is 7.75. The summed E-state index contributed by atoms with van der Waals surface area (Å²) in [7, 11) is 1.66. The van der Waals surface area contributed by atoms with Crippen LogP contribution >= 0.6 is 0 Å². The number of terminal acetylenes is 2. The van der Waals surface area contributed by atoms with Crippen molar-refractivity contribution in [2.45, 2.75) is 12.8 Å². The molecule has 0 radical (unpaired) electrons. The van der Waals surface area contributed by atoms with Crippen LogP contribution in [-0.2, 0) is 14.3 Å². The highest BCUT2D eigenvalue weighted by atomic mass is 16.5. The summed E-state index contributed by atoms with van der Waals surface area (Å²) in [5, 5.41) is 6.00. The molecule has 0 spiro atoms. The number of rotatable bonds is 9. The Morgan fingerprint density at radius 1 is 1.20 bits per heavy atom. The van der Waals surface area contributed by atoms with Crippen molar-refractivity contribution in [2.24, 2.45) is 0 Å². The highest BCUT2D eigenvalue weighted by Crippen LogP contribution is 2.13. The zero-order valence-electron chi connectivity index (χ0n) is 15.3. The first-order valence-electron chi connectivity index (χ1n) is 7.75. The van der Waals surface area contributed by atoms with E-state index in [-0.39, 0.29) is 18.4 Å². The van der Waals surface area contributed by atoms with Gasteiger partial charge in [-0.05, 0) is 19.4 Å². The van der Waals surface area contributed by atoms with E-state index in [4.69, 9.17) is 4.74 Å². The molecule has 0 atom stereocenters. The molecule has 0 bridgehead atoms. The normalized spacial score (nSPS) is 11.8. The lowest BCUT2D eigenvalue weighted by Crippen LogP contribution is -2.38. The van der Waals surface area contributed by atoms with Crippen molar-refractivity contribution in [2.75, 3.05) is 46.4 Å². The van der Waals surface area contributed by atoms with Crippen LogP contribution in [0.25, 0.3) is 0 Å². The second-order valence-electron chi connectivity index (χ2n) is 4.53. The summed E-state index contributed by atoms with van der Waals surface area (Å²) < 4.78 is 4.90. The molecule has 0 aliphatic carbocycles. The maximum absolute atomic E-state index is 11.6. The maximum Gasteiger partial charge on any atom is 0.249 e. The van der Waals surface area contributed by atoms with E-state index >= 15 is 0 Å². The third kappa shape index (κ3) is 14.8. The number of carbonyl (C=O) groups excluding carboxylic acids is 2. The van der Waals surface area contributed by atoms with Gasteiger partial charge >= 0.3 is 0 Å². The molecule has 2 N–H and O–H groups in total. The fraction of sp³-hybridized carbons (Fsp3) is 0.474. The minimum atomic E-state index is -0.111. The van der Waals surface area contributed by atoms with E-state index in [1.54, 1.807) is 7.11 Å². The van der Waals surface area contributed by atoms with E-state index in [1.165, 1.54) is 4.90 Å². The van der Waals surface area contributed by atoms with E-state index in [0.29, 0.717) is 31.7 Å². The number of hydrogen-bond acceptors (Lipinski definition) is 4. The molecule has 6 nitrogen and oxygen atoms in total. The monoisotopic (exact) mass is 349 g/mol. The number of methoxy groups -OCH3 is 1. The molecule has 1 rings (SSSR count). The summed E-state index contributed by atoms with van der Waals surface area (Å²) >= 11 is 0. The van der Waals surface area contributed by atoms with Crippen molar-refractivity contribution in [1.29, 1.82) is 0 Å². The number of nitrogens with zero attached hydrogens (tertiary/aromatic N) is 1. The first kappa shape index (κ1) is 27.3. The standard InChI is InChI=1S/C13H23N3O3.C2H4.2C2H2/c1-11-4-8-16(13(11)18)10-12(17)15-6-3-5-14-7-9-19-2;3*1-2/h14H,1,3-10H2,2H3,(H,15,17);1-2H2;2*1-2H. The lowest BCUT2D eigenvalue weighted by Gasteiger charge is -2.14. The quantitative estimate of drug-likeness (QED) is 0.280. The van der Waals surface area contributed by atoms with Gasteiger partial charge in [0.05, 0.1) is 13.2 Å². The highest BCUT2D eigenvalue weighted by molar-refractivity contribution is 5.97.